The molecule has 1 atom stereocenters. The molecule has 1 fully saturated rings. The largest absolute Gasteiger partial charge is 0.450 e. The SMILES string of the molecule is CCN(C(=O)COC(=O)c1nc2nc(C)cc(C)n2n1)[C@H]1CCS(=O)(=O)C1. The summed E-state index contributed by atoms with van der Waals surface area (Å²) in [4.78, 5) is 34.2. The van der Waals surface area contributed by atoms with Crippen LogP contribution in [0, 0.1) is 13.8 Å². The highest BCUT2D eigenvalue weighted by Gasteiger charge is 2.34. The Kier molecular flexibility index (Phi) is 5.13. The van der Waals surface area contributed by atoms with E-state index in [4.69, 9.17) is 4.74 Å². The maximum absolute atomic E-state index is 12.4. The lowest BCUT2D eigenvalue weighted by molar-refractivity contribution is -0.136. The molecule has 0 saturated carbocycles. The third kappa shape index (κ3) is 4.07. The highest BCUT2D eigenvalue weighted by Crippen LogP contribution is 2.18. The van der Waals surface area contributed by atoms with E-state index >= 15 is 0 Å². The van der Waals surface area contributed by atoms with E-state index in [1.54, 1.807) is 19.9 Å². The van der Waals surface area contributed by atoms with E-state index in [9.17, 15) is 18.0 Å². The predicted molar refractivity (Wildman–Crippen MR) is 95.0 cm³/mol. The molecule has 27 heavy (non-hydrogen) atoms. The molecule has 0 aliphatic carbocycles. The van der Waals surface area contributed by atoms with Crippen LogP contribution >= 0.6 is 0 Å². The maximum atomic E-state index is 12.4. The fourth-order valence-corrected chi connectivity index (χ4v) is 4.92. The summed E-state index contributed by atoms with van der Waals surface area (Å²) < 4.78 is 29.7. The van der Waals surface area contributed by atoms with Gasteiger partial charge >= 0.3 is 5.97 Å². The number of sulfone groups is 1. The molecule has 0 N–H and O–H groups in total. The molecule has 1 aliphatic heterocycles. The van der Waals surface area contributed by atoms with Crippen molar-refractivity contribution in [2.24, 2.45) is 0 Å². The van der Waals surface area contributed by atoms with Gasteiger partial charge in [0, 0.05) is 24.0 Å². The molecule has 3 heterocycles. The molecular weight excluding hydrogens is 374 g/mol. The number of rotatable bonds is 5. The minimum atomic E-state index is -3.11. The Balaban J connectivity index is 1.66. The number of hydrogen-bond donors (Lipinski definition) is 0. The second kappa shape index (κ2) is 7.22. The summed E-state index contributed by atoms with van der Waals surface area (Å²) in [5.41, 5.74) is 1.51. The Bertz CT molecular complexity index is 1000. The van der Waals surface area contributed by atoms with Crippen molar-refractivity contribution >= 4 is 27.5 Å². The van der Waals surface area contributed by atoms with E-state index in [2.05, 4.69) is 15.1 Å². The molecule has 10 nitrogen and oxygen atoms in total. The molecule has 0 radical (unpaired) electrons. The van der Waals surface area contributed by atoms with Gasteiger partial charge in [-0.05, 0) is 33.3 Å². The zero-order valence-electron chi connectivity index (χ0n) is 15.4. The molecule has 0 unspecified atom stereocenters. The van der Waals surface area contributed by atoms with Crippen LogP contribution in [0.25, 0.3) is 5.78 Å². The average molecular weight is 395 g/mol. The first-order valence-corrected chi connectivity index (χ1v) is 10.4. The number of hydrogen-bond acceptors (Lipinski definition) is 8. The minimum absolute atomic E-state index is 0.0567. The van der Waals surface area contributed by atoms with Gasteiger partial charge in [0.05, 0.1) is 11.5 Å². The topological polar surface area (TPSA) is 124 Å². The fourth-order valence-electron chi connectivity index (χ4n) is 3.19. The van der Waals surface area contributed by atoms with Gasteiger partial charge in [0.2, 0.25) is 0 Å². The third-order valence-electron chi connectivity index (χ3n) is 4.44. The monoisotopic (exact) mass is 395 g/mol. The lowest BCUT2D eigenvalue weighted by atomic mass is 10.2. The second-order valence-electron chi connectivity index (χ2n) is 6.50. The van der Waals surface area contributed by atoms with Crippen LogP contribution in [0.1, 0.15) is 35.4 Å². The summed E-state index contributed by atoms with van der Waals surface area (Å²) in [5.74, 6) is -1.17. The highest BCUT2D eigenvalue weighted by atomic mass is 32.2. The Morgan fingerprint density at radius 1 is 1.33 bits per heavy atom. The van der Waals surface area contributed by atoms with Crippen molar-refractivity contribution in [3.05, 3.63) is 23.3 Å². The molecule has 1 aliphatic rings. The zero-order chi connectivity index (χ0) is 19.8. The van der Waals surface area contributed by atoms with E-state index in [0.717, 1.165) is 11.4 Å². The standard InChI is InChI=1S/C16H21N5O5S/c1-4-20(12-5-6-27(24,25)9-12)13(22)8-26-15(23)14-18-16-17-10(2)7-11(3)21(16)19-14/h7,12H,4-6,8-9H2,1-3H3/t12-/m0/s1. The molecular formula is C16H21N5O5S. The quantitative estimate of drug-likeness (QED) is 0.645. The number of likely N-dealkylation sites (N-methyl/N-ethyl adjacent to an activating group) is 1. The number of aromatic nitrogens is 4. The minimum Gasteiger partial charge on any atom is -0.450 e. The summed E-state index contributed by atoms with van der Waals surface area (Å²) in [7, 11) is -3.11. The van der Waals surface area contributed by atoms with Gasteiger partial charge < -0.3 is 9.64 Å². The molecule has 2 aromatic heterocycles. The molecule has 0 bridgehead atoms. The lowest BCUT2D eigenvalue weighted by Crippen LogP contribution is -2.43. The number of aryl methyl sites for hydroxylation is 2. The highest BCUT2D eigenvalue weighted by molar-refractivity contribution is 7.91. The van der Waals surface area contributed by atoms with E-state index in [-0.39, 0.29) is 29.1 Å². The van der Waals surface area contributed by atoms with Crippen LogP contribution in [-0.4, -0.2) is 75.5 Å². The second-order valence-corrected chi connectivity index (χ2v) is 8.73. The van der Waals surface area contributed by atoms with Crippen molar-refractivity contribution < 1.29 is 22.7 Å². The number of nitrogens with zero attached hydrogens (tertiary/aromatic N) is 5. The van der Waals surface area contributed by atoms with E-state index < -0.39 is 28.3 Å². The van der Waals surface area contributed by atoms with Gasteiger partial charge in [0.25, 0.3) is 17.5 Å². The fraction of sp³-hybridized carbons (Fsp3) is 0.562. The van der Waals surface area contributed by atoms with Gasteiger partial charge in [-0.1, -0.05) is 0 Å². The van der Waals surface area contributed by atoms with Crippen molar-refractivity contribution in [1.82, 2.24) is 24.5 Å². The van der Waals surface area contributed by atoms with Gasteiger partial charge in [0.15, 0.2) is 16.4 Å². The smallest absolute Gasteiger partial charge is 0.378 e. The summed E-state index contributed by atoms with van der Waals surface area (Å²) in [6, 6.07) is 1.42. The number of ether oxygens (including phenoxy) is 1. The number of fused-ring (bicyclic) bond motifs is 1. The summed E-state index contributed by atoms with van der Waals surface area (Å²) >= 11 is 0. The number of carbonyl (C=O) groups excluding carboxylic acids is 2. The van der Waals surface area contributed by atoms with Crippen molar-refractivity contribution in [3.8, 4) is 0 Å². The predicted octanol–water partition coefficient (Wildman–Crippen LogP) is -0.0665. The number of carbonyl (C=O) groups is 2. The molecule has 1 saturated heterocycles. The van der Waals surface area contributed by atoms with Crippen molar-refractivity contribution in [1.29, 1.82) is 0 Å². The average Bonchev–Trinajstić information content (AvgIpc) is 3.17. The Hall–Kier alpha value is -2.56. The first kappa shape index (κ1) is 19.2. The van der Waals surface area contributed by atoms with Gasteiger partial charge in [-0.15, -0.1) is 5.10 Å². The van der Waals surface area contributed by atoms with Crippen LogP contribution in [0.3, 0.4) is 0 Å². The van der Waals surface area contributed by atoms with Crippen LogP contribution in [0.15, 0.2) is 6.07 Å². The summed E-state index contributed by atoms with van der Waals surface area (Å²) in [6.45, 7) is 5.21. The zero-order valence-corrected chi connectivity index (χ0v) is 16.2. The van der Waals surface area contributed by atoms with E-state index in [1.165, 1.54) is 9.42 Å². The van der Waals surface area contributed by atoms with Crippen molar-refractivity contribution in [3.63, 3.8) is 0 Å². The first-order valence-electron chi connectivity index (χ1n) is 8.58. The molecule has 2 aromatic rings. The van der Waals surface area contributed by atoms with E-state index in [1.807, 2.05) is 6.92 Å². The van der Waals surface area contributed by atoms with Crippen LogP contribution in [0.5, 0.6) is 0 Å². The first-order chi connectivity index (χ1) is 12.7. The summed E-state index contributed by atoms with van der Waals surface area (Å²) in [6.07, 6.45) is 0.397. The third-order valence-corrected chi connectivity index (χ3v) is 6.19. The Morgan fingerprint density at radius 2 is 2.07 bits per heavy atom. The Morgan fingerprint density at radius 3 is 2.70 bits per heavy atom. The normalized spacial score (nSPS) is 18.6. The van der Waals surface area contributed by atoms with Gasteiger partial charge in [-0.25, -0.2) is 22.7 Å². The van der Waals surface area contributed by atoms with E-state index in [0.29, 0.717) is 13.0 Å². The molecule has 0 spiro atoms. The lowest BCUT2D eigenvalue weighted by Gasteiger charge is -2.26. The van der Waals surface area contributed by atoms with Crippen LogP contribution in [0.2, 0.25) is 0 Å². The molecule has 3 rings (SSSR count). The number of amides is 1. The van der Waals surface area contributed by atoms with Crippen LogP contribution in [0.4, 0.5) is 0 Å². The van der Waals surface area contributed by atoms with Crippen molar-refractivity contribution in [2.75, 3.05) is 24.7 Å². The summed E-state index contributed by atoms with van der Waals surface area (Å²) in [5, 5.41) is 4.06. The molecule has 146 valence electrons. The van der Waals surface area contributed by atoms with Gasteiger partial charge in [0.1, 0.15) is 0 Å². The van der Waals surface area contributed by atoms with Crippen LogP contribution in [-0.2, 0) is 19.4 Å². The molecule has 0 aromatic carbocycles. The van der Waals surface area contributed by atoms with Gasteiger partial charge in [-0.2, -0.15) is 4.98 Å². The maximum Gasteiger partial charge on any atom is 0.378 e. The van der Waals surface area contributed by atoms with Crippen molar-refractivity contribution in [2.45, 2.75) is 33.2 Å². The Labute approximate surface area is 156 Å². The number of esters is 1. The molecule has 11 heteroatoms. The van der Waals surface area contributed by atoms with Gasteiger partial charge in [-0.3, -0.25) is 4.79 Å². The molecule has 1 amide bonds. The van der Waals surface area contributed by atoms with Crippen LogP contribution < -0.4 is 0 Å².